The summed E-state index contributed by atoms with van der Waals surface area (Å²) in [5.41, 5.74) is 0.833. The molecule has 1 aromatic rings. The van der Waals surface area contributed by atoms with Crippen molar-refractivity contribution in [2.24, 2.45) is 0 Å². The van der Waals surface area contributed by atoms with Crippen molar-refractivity contribution in [3.8, 4) is 5.75 Å². The molecule has 0 unspecified atom stereocenters. The SMILES string of the molecule is COc1ccc([C@@H]2O[C@@H]2C(=O)[O-])cc1.[K+]. The van der Waals surface area contributed by atoms with Crippen LogP contribution in [-0.4, -0.2) is 19.2 Å². The summed E-state index contributed by atoms with van der Waals surface area (Å²) in [6, 6.07) is 7.10. The molecule has 15 heavy (non-hydrogen) atoms. The van der Waals surface area contributed by atoms with Gasteiger partial charge in [-0.25, -0.2) is 0 Å². The fourth-order valence-corrected chi connectivity index (χ4v) is 1.34. The Balaban J connectivity index is 0.00000112. The summed E-state index contributed by atoms with van der Waals surface area (Å²) in [6.45, 7) is 0. The molecule has 0 bridgehead atoms. The molecule has 2 atom stereocenters. The molecule has 5 heteroatoms. The molecule has 1 fully saturated rings. The maximum Gasteiger partial charge on any atom is 1.00 e. The van der Waals surface area contributed by atoms with E-state index in [0.29, 0.717) is 0 Å². The number of carbonyl (C=O) groups is 1. The predicted molar refractivity (Wildman–Crippen MR) is 45.6 cm³/mol. The first kappa shape index (κ1) is 13.2. The van der Waals surface area contributed by atoms with Crippen molar-refractivity contribution in [2.45, 2.75) is 12.2 Å². The summed E-state index contributed by atoms with van der Waals surface area (Å²) in [6.07, 6.45) is -1.14. The van der Waals surface area contributed by atoms with Gasteiger partial charge in [-0.1, -0.05) is 12.1 Å². The third kappa shape index (κ3) is 3.02. The van der Waals surface area contributed by atoms with Crippen LogP contribution in [0.1, 0.15) is 11.7 Å². The molecule has 1 aromatic carbocycles. The van der Waals surface area contributed by atoms with E-state index in [4.69, 9.17) is 9.47 Å². The van der Waals surface area contributed by atoms with Crippen LogP contribution in [0.5, 0.6) is 5.75 Å². The molecule has 0 radical (unpaired) electrons. The standard InChI is InChI=1S/C10H10O4.K/c1-13-7-4-2-6(3-5-7)8-9(14-8)10(11)12;/h2-5,8-9H,1H3,(H,11,12);/q;+1/p-1/t8-,9-;/m0./s1. The molecule has 1 heterocycles. The minimum absolute atomic E-state index is 0. The Morgan fingerprint density at radius 3 is 2.40 bits per heavy atom. The Kier molecular flexibility index (Phi) is 4.76. The Morgan fingerprint density at radius 1 is 1.40 bits per heavy atom. The predicted octanol–water partition coefficient (Wildman–Crippen LogP) is -3.11. The number of ether oxygens (including phenoxy) is 2. The van der Waals surface area contributed by atoms with E-state index in [1.807, 2.05) is 0 Å². The fourth-order valence-electron chi connectivity index (χ4n) is 1.34. The summed E-state index contributed by atoms with van der Waals surface area (Å²) in [5, 5.41) is 10.4. The minimum atomic E-state index is -1.16. The van der Waals surface area contributed by atoms with E-state index >= 15 is 0 Å². The van der Waals surface area contributed by atoms with E-state index in [9.17, 15) is 9.90 Å². The van der Waals surface area contributed by atoms with Gasteiger partial charge in [-0.3, -0.25) is 0 Å². The summed E-state index contributed by atoms with van der Waals surface area (Å²) < 4.78 is 9.91. The van der Waals surface area contributed by atoms with Gasteiger partial charge in [0.1, 0.15) is 18.0 Å². The van der Waals surface area contributed by atoms with Crippen molar-refractivity contribution in [3.63, 3.8) is 0 Å². The van der Waals surface area contributed by atoms with Crippen LogP contribution in [0.3, 0.4) is 0 Å². The largest absolute Gasteiger partial charge is 1.00 e. The second-order valence-corrected chi connectivity index (χ2v) is 3.07. The van der Waals surface area contributed by atoms with Crippen molar-refractivity contribution in [1.29, 1.82) is 0 Å². The van der Waals surface area contributed by atoms with Gasteiger partial charge in [-0.15, -0.1) is 0 Å². The van der Waals surface area contributed by atoms with Crippen LogP contribution in [0.4, 0.5) is 0 Å². The van der Waals surface area contributed by atoms with Crippen LogP contribution in [0, 0.1) is 0 Å². The van der Waals surface area contributed by atoms with E-state index < -0.39 is 12.1 Å². The van der Waals surface area contributed by atoms with Crippen LogP contribution in [0.2, 0.25) is 0 Å². The molecular formula is C10H9KO4. The quantitative estimate of drug-likeness (QED) is 0.409. The van der Waals surface area contributed by atoms with Gasteiger partial charge >= 0.3 is 51.4 Å². The van der Waals surface area contributed by atoms with Crippen LogP contribution in [0.25, 0.3) is 0 Å². The van der Waals surface area contributed by atoms with Gasteiger partial charge < -0.3 is 19.4 Å². The van der Waals surface area contributed by atoms with Crippen LogP contribution in [0.15, 0.2) is 24.3 Å². The van der Waals surface area contributed by atoms with Crippen LogP contribution in [-0.2, 0) is 9.53 Å². The number of epoxide rings is 1. The summed E-state index contributed by atoms with van der Waals surface area (Å²) in [5.74, 6) is -0.426. The zero-order valence-electron chi connectivity index (χ0n) is 8.60. The number of aliphatic carboxylic acids is 1. The van der Waals surface area contributed by atoms with Crippen molar-refractivity contribution in [1.82, 2.24) is 0 Å². The summed E-state index contributed by atoms with van der Waals surface area (Å²) >= 11 is 0. The van der Waals surface area contributed by atoms with E-state index in [-0.39, 0.29) is 57.5 Å². The molecule has 0 spiro atoms. The van der Waals surface area contributed by atoms with E-state index in [1.165, 1.54) is 0 Å². The average molecular weight is 232 g/mol. The Morgan fingerprint density at radius 2 is 2.00 bits per heavy atom. The Hall–Kier alpha value is 0.0864. The third-order valence-corrected chi connectivity index (χ3v) is 2.17. The maximum atomic E-state index is 10.4. The van der Waals surface area contributed by atoms with Crippen molar-refractivity contribution in [2.75, 3.05) is 7.11 Å². The molecule has 74 valence electrons. The van der Waals surface area contributed by atoms with E-state index in [0.717, 1.165) is 11.3 Å². The number of benzene rings is 1. The Bertz CT molecular complexity index is 349. The molecular weight excluding hydrogens is 223 g/mol. The van der Waals surface area contributed by atoms with Crippen LogP contribution < -0.4 is 61.2 Å². The number of hydrogen-bond donors (Lipinski definition) is 0. The van der Waals surface area contributed by atoms with Crippen molar-refractivity contribution in [3.05, 3.63) is 29.8 Å². The number of hydrogen-bond acceptors (Lipinski definition) is 4. The van der Waals surface area contributed by atoms with Crippen LogP contribution >= 0.6 is 0 Å². The molecule has 0 aliphatic carbocycles. The van der Waals surface area contributed by atoms with Gasteiger partial charge in [0.2, 0.25) is 0 Å². The van der Waals surface area contributed by atoms with Gasteiger partial charge in [0.15, 0.2) is 0 Å². The second-order valence-electron chi connectivity index (χ2n) is 3.07. The molecule has 0 saturated carbocycles. The van der Waals surface area contributed by atoms with E-state index in [2.05, 4.69) is 0 Å². The normalized spacial score (nSPS) is 22.7. The number of carboxylic acids is 1. The molecule has 2 rings (SSSR count). The molecule has 0 N–H and O–H groups in total. The molecule has 4 nitrogen and oxygen atoms in total. The summed E-state index contributed by atoms with van der Waals surface area (Å²) in [7, 11) is 1.58. The number of rotatable bonds is 3. The number of carboxylic acid groups (broad SMARTS) is 1. The topological polar surface area (TPSA) is 61.9 Å². The first-order valence-corrected chi connectivity index (χ1v) is 4.22. The maximum absolute atomic E-state index is 10.4. The van der Waals surface area contributed by atoms with Gasteiger partial charge in [-0.2, -0.15) is 0 Å². The molecule has 1 aliphatic heterocycles. The average Bonchev–Trinajstić information content (AvgIpc) is 2.97. The van der Waals surface area contributed by atoms with E-state index in [1.54, 1.807) is 31.4 Å². The van der Waals surface area contributed by atoms with Gasteiger partial charge in [-0.05, 0) is 17.7 Å². The number of carbonyl (C=O) groups excluding carboxylic acids is 1. The fraction of sp³-hybridized carbons (Fsp3) is 0.300. The molecule has 1 aliphatic rings. The zero-order chi connectivity index (χ0) is 10.1. The monoisotopic (exact) mass is 232 g/mol. The number of methoxy groups -OCH3 is 1. The van der Waals surface area contributed by atoms with Gasteiger partial charge in [0.05, 0.1) is 13.1 Å². The van der Waals surface area contributed by atoms with Crippen molar-refractivity contribution < 1.29 is 70.8 Å². The minimum Gasteiger partial charge on any atom is -0.547 e. The molecule has 1 saturated heterocycles. The second kappa shape index (κ2) is 5.43. The third-order valence-electron chi connectivity index (χ3n) is 2.17. The summed E-state index contributed by atoms with van der Waals surface area (Å²) in [4.78, 5) is 10.4. The smallest absolute Gasteiger partial charge is 0.547 e. The zero-order valence-corrected chi connectivity index (χ0v) is 11.7. The molecule has 0 aromatic heterocycles. The Labute approximate surface area is 130 Å². The van der Waals surface area contributed by atoms with Crippen molar-refractivity contribution >= 4 is 5.97 Å². The van der Waals surface area contributed by atoms with Gasteiger partial charge in [0, 0.05) is 0 Å². The molecule has 0 amide bonds. The first-order chi connectivity index (χ1) is 6.72. The van der Waals surface area contributed by atoms with Gasteiger partial charge in [0.25, 0.3) is 0 Å². The first-order valence-electron chi connectivity index (χ1n) is 4.22.